The lowest BCUT2D eigenvalue weighted by Crippen LogP contribution is -2.53. The molecule has 0 aliphatic rings. The Kier molecular flexibility index (Phi) is 9.72. The minimum atomic E-state index is -3.83. The Bertz CT molecular complexity index is 1330. The molecule has 3 rings (SSSR count). The van der Waals surface area contributed by atoms with Crippen molar-refractivity contribution in [2.75, 3.05) is 23.7 Å². The second kappa shape index (κ2) is 12.7. The van der Waals surface area contributed by atoms with Gasteiger partial charge in [0.15, 0.2) is 0 Å². The van der Waals surface area contributed by atoms with Crippen LogP contribution in [0, 0.1) is 6.92 Å². The lowest BCUT2D eigenvalue weighted by atomic mass is 10.0. The first kappa shape index (κ1) is 28.2. The Morgan fingerprint density at radius 2 is 1.65 bits per heavy atom. The maximum atomic E-state index is 13.9. The van der Waals surface area contributed by atoms with Gasteiger partial charge in [-0.05, 0) is 48.7 Å². The Hall–Kier alpha value is -3.36. The number of hydrogen-bond donors (Lipinski definition) is 1. The van der Waals surface area contributed by atoms with Crippen LogP contribution in [0.25, 0.3) is 0 Å². The highest BCUT2D eigenvalue weighted by Gasteiger charge is 2.33. The predicted molar refractivity (Wildman–Crippen MR) is 148 cm³/mol. The van der Waals surface area contributed by atoms with Gasteiger partial charge in [-0.1, -0.05) is 72.3 Å². The minimum Gasteiger partial charge on any atom is -0.355 e. The van der Waals surface area contributed by atoms with Crippen molar-refractivity contribution in [2.24, 2.45) is 0 Å². The van der Waals surface area contributed by atoms with Crippen LogP contribution in [0.15, 0.2) is 78.9 Å². The van der Waals surface area contributed by atoms with Gasteiger partial charge in [-0.3, -0.25) is 13.9 Å². The first-order valence-electron chi connectivity index (χ1n) is 12.0. The Labute approximate surface area is 224 Å². The smallest absolute Gasteiger partial charge is 0.244 e. The van der Waals surface area contributed by atoms with E-state index in [9.17, 15) is 18.0 Å². The number of nitrogens with zero attached hydrogens (tertiary/aromatic N) is 2. The number of sulfonamides is 1. The third-order valence-electron chi connectivity index (χ3n) is 6.00. The molecule has 0 heterocycles. The summed E-state index contributed by atoms with van der Waals surface area (Å²) in [6.07, 6.45) is 1.32. The van der Waals surface area contributed by atoms with E-state index in [1.807, 2.05) is 68.4 Å². The van der Waals surface area contributed by atoms with Gasteiger partial charge in [0, 0.05) is 24.5 Å². The van der Waals surface area contributed by atoms with Crippen LogP contribution in [0.1, 0.15) is 23.6 Å². The van der Waals surface area contributed by atoms with Crippen LogP contribution < -0.4 is 9.62 Å². The Morgan fingerprint density at radius 3 is 2.27 bits per heavy atom. The minimum absolute atomic E-state index is 0.146. The summed E-state index contributed by atoms with van der Waals surface area (Å²) in [5.41, 5.74) is 2.99. The number of rotatable bonds is 11. The van der Waals surface area contributed by atoms with Crippen LogP contribution in [0.2, 0.25) is 5.02 Å². The van der Waals surface area contributed by atoms with Crippen LogP contribution in [-0.2, 0) is 32.6 Å². The third-order valence-corrected chi connectivity index (χ3v) is 7.38. The second-order valence-electron chi connectivity index (χ2n) is 8.80. The van der Waals surface area contributed by atoms with E-state index >= 15 is 0 Å². The maximum absolute atomic E-state index is 13.9. The van der Waals surface area contributed by atoms with Gasteiger partial charge in [-0.25, -0.2) is 8.42 Å². The van der Waals surface area contributed by atoms with Gasteiger partial charge in [-0.2, -0.15) is 0 Å². The quantitative estimate of drug-likeness (QED) is 0.394. The molecule has 0 spiro atoms. The lowest BCUT2D eigenvalue weighted by Gasteiger charge is -2.33. The highest BCUT2D eigenvalue weighted by molar-refractivity contribution is 7.92. The first-order valence-corrected chi connectivity index (χ1v) is 14.2. The van der Waals surface area contributed by atoms with Crippen molar-refractivity contribution in [2.45, 2.75) is 32.9 Å². The fourth-order valence-corrected chi connectivity index (χ4v) is 5.09. The van der Waals surface area contributed by atoms with E-state index in [4.69, 9.17) is 11.6 Å². The average molecular weight is 542 g/mol. The van der Waals surface area contributed by atoms with Gasteiger partial charge in [0.25, 0.3) is 0 Å². The standard InChI is InChI=1S/C28H32ClN3O4S/c1-4-30-28(34)26(17-22-12-6-5-7-13-22)31(19-23-14-9-8-11-21(23)2)27(33)20-32(37(3,35)36)25-16-10-15-24(29)18-25/h5-16,18,26H,4,17,19-20H2,1-3H3,(H,30,34)/t26-/m0/s1. The van der Waals surface area contributed by atoms with E-state index in [-0.39, 0.29) is 24.6 Å². The van der Waals surface area contributed by atoms with E-state index < -0.39 is 28.5 Å². The van der Waals surface area contributed by atoms with Crippen molar-refractivity contribution in [3.05, 3.63) is 101 Å². The molecular formula is C28H32ClN3O4S. The molecule has 3 aromatic rings. The normalized spacial score (nSPS) is 12.0. The Balaban J connectivity index is 2.05. The molecule has 0 fully saturated rings. The molecule has 1 N–H and O–H groups in total. The van der Waals surface area contributed by atoms with E-state index in [0.717, 1.165) is 27.3 Å². The summed E-state index contributed by atoms with van der Waals surface area (Å²) < 4.78 is 26.5. The maximum Gasteiger partial charge on any atom is 0.244 e. The van der Waals surface area contributed by atoms with Gasteiger partial charge < -0.3 is 10.2 Å². The van der Waals surface area contributed by atoms with Crippen LogP contribution >= 0.6 is 11.6 Å². The number of carbonyl (C=O) groups is 2. The predicted octanol–water partition coefficient (Wildman–Crippen LogP) is 4.19. The first-order chi connectivity index (χ1) is 17.6. The molecule has 196 valence electrons. The molecule has 0 radical (unpaired) electrons. The molecule has 0 aromatic heterocycles. The van der Waals surface area contributed by atoms with Gasteiger partial charge in [-0.15, -0.1) is 0 Å². The van der Waals surface area contributed by atoms with Crippen molar-refractivity contribution in [3.63, 3.8) is 0 Å². The van der Waals surface area contributed by atoms with Crippen LogP contribution in [-0.4, -0.2) is 50.5 Å². The number of halogens is 1. The largest absolute Gasteiger partial charge is 0.355 e. The number of nitrogens with one attached hydrogen (secondary N) is 1. The van der Waals surface area contributed by atoms with Crippen LogP contribution in [0.4, 0.5) is 5.69 Å². The number of anilines is 1. The van der Waals surface area contributed by atoms with Gasteiger partial charge in [0.2, 0.25) is 21.8 Å². The highest BCUT2D eigenvalue weighted by atomic mass is 35.5. The van der Waals surface area contributed by atoms with E-state index in [0.29, 0.717) is 11.6 Å². The summed E-state index contributed by atoms with van der Waals surface area (Å²) in [6.45, 7) is 3.82. The fraction of sp³-hybridized carbons (Fsp3) is 0.286. The van der Waals surface area contributed by atoms with Gasteiger partial charge in [0.05, 0.1) is 11.9 Å². The average Bonchev–Trinajstić information content (AvgIpc) is 2.85. The van der Waals surface area contributed by atoms with Crippen molar-refractivity contribution >= 4 is 39.1 Å². The lowest BCUT2D eigenvalue weighted by molar-refractivity contribution is -0.140. The highest BCUT2D eigenvalue weighted by Crippen LogP contribution is 2.23. The molecule has 0 saturated carbocycles. The number of amides is 2. The van der Waals surface area contributed by atoms with Gasteiger partial charge >= 0.3 is 0 Å². The summed E-state index contributed by atoms with van der Waals surface area (Å²) >= 11 is 6.11. The van der Waals surface area contributed by atoms with Crippen molar-refractivity contribution in [3.8, 4) is 0 Å². The number of benzene rings is 3. The molecule has 1 atom stereocenters. The summed E-state index contributed by atoms with van der Waals surface area (Å²) in [6, 6.07) is 22.5. The van der Waals surface area contributed by atoms with E-state index in [2.05, 4.69) is 5.32 Å². The molecular weight excluding hydrogens is 510 g/mol. The zero-order chi connectivity index (χ0) is 27.0. The van der Waals surface area contributed by atoms with Crippen molar-refractivity contribution in [1.82, 2.24) is 10.2 Å². The monoisotopic (exact) mass is 541 g/mol. The summed E-state index contributed by atoms with van der Waals surface area (Å²) in [5, 5.41) is 3.19. The van der Waals surface area contributed by atoms with E-state index in [1.165, 1.54) is 11.0 Å². The zero-order valence-corrected chi connectivity index (χ0v) is 22.8. The van der Waals surface area contributed by atoms with Gasteiger partial charge in [0.1, 0.15) is 12.6 Å². The number of hydrogen-bond acceptors (Lipinski definition) is 4. The molecule has 3 aromatic carbocycles. The molecule has 0 unspecified atom stereocenters. The molecule has 2 amide bonds. The molecule has 0 aliphatic carbocycles. The third kappa shape index (κ3) is 7.81. The van der Waals surface area contributed by atoms with Crippen LogP contribution in [0.5, 0.6) is 0 Å². The number of likely N-dealkylation sites (N-methyl/N-ethyl adjacent to an activating group) is 1. The summed E-state index contributed by atoms with van der Waals surface area (Å²) in [4.78, 5) is 28.7. The molecule has 9 heteroatoms. The molecule has 0 aliphatic heterocycles. The SMILES string of the molecule is CCNC(=O)[C@H](Cc1ccccc1)N(Cc1ccccc1C)C(=O)CN(c1cccc(Cl)c1)S(C)(=O)=O. The van der Waals surface area contributed by atoms with Crippen LogP contribution in [0.3, 0.4) is 0 Å². The van der Waals surface area contributed by atoms with Crippen molar-refractivity contribution in [1.29, 1.82) is 0 Å². The Morgan fingerprint density at radius 1 is 0.973 bits per heavy atom. The summed E-state index contributed by atoms with van der Waals surface area (Å²) in [7, 11) is -3.83. The summed E-state index contributed by atoms with van der Waals surface area (Å²) in [5.74, 6) is -0.803. The topological polar surface area (TPSA) is 86.8 Å². The van der Waals surface area contributed by atoms with Crippen molar-refractivity contribution < 1.29 is 18.0 Å². The molecule has 37 heavy (non-hydrogen) atoms. The number of aryl methyl sites for hydroxylation is 1. The molecule has 0 bridgehead atoms. The molecule has 7 nitrogen and oxygen atoms in total. The fourth-order valence-electron chi connectivity index (χ4n) is 4.06. The number of carbonyl (C=O) groups excluding carboxylic acids is 2. The van der Waals surface area contributed by atoms with E-state index in [1.54, 1.807) is 18.2 Å². The zero-order valence-electron chi connectivity index (χ0n) is 21.2. The second-order valence-corrected chi connectivity index (χ2v) is 11.1. The molecule has 0 saturated heterocycles.